The van der Waals surface area contributed by atoms with E-state index >= 15 is 0 Å². The van der Waals surface area contributed by atoms with E-state index in [2.05, 4.69) is 16.7 Å². The summed E-state index contributed by atoms with van der Waals surface area (Å²) in [6.07, 6.45) is 2.72. The first-order valence-corrected chi connectivity index (χ1v) is 8.87. The maximum Gasteiger partial charge on any atom is 0.224 e. The Morgan fingerprint density at radius 2 is 2.08 bits per heavy atom. The molecule has 4 heteroatoms. The van der Waals surface area contributed by atoms with Gasteiger partial charge in [-0.3, -0.25) is 4.79 Å². The smallest absolute Gasteiger partial charge is 0.224 e. The second kappa shape index (κ2) is 7.82. The van der Waals surface area contributed by atoms with Crippen LogP contribution in [0.15, 0.2) is 42.5 Å². The van der Waals surface area contributed by atoms with Gasteiger partial charge in [-0.05, 0) is 79.7 Å². The van der Waals surface area contributed by atoms with Crippen LogP contribution in [-0.4, -0.2) is 19.0 Å². The number of rotatable bonds is 5. The van der Waals surface area contributed by atoms with Crippen molar-refractivity contribution >= 4 is 23.2 Å². The quantitative estimate of drug-likeness (QED) is 0.830. The molecule has 1 fully saturated rings. The van der Waals surface area contributed by atoms with Crippen LogP contribution in [-0.2, 0) is 4.79 Å². The zero-order chi connectivity index (χ0) is 16.9. The molecule has 3 nitrogen and oxygen atoms in total. The summed E-state index contributed by atoms with van der Waals surface area (Å²) in [5.41, 5.74) is 4.13. The predicted octanol–water partition coefficient (Wildman–Crippen LogP) is 4.64. The van der Waals surface area contributed by atoms with Gasteiger partial charge in [0.25, 0.3) is 0 Å². The molecule has 0 aromatic heterocycles. The molecule has 1 unspecified atom stereocenters. The molecule has 2 N–H and O–H groups in total. The first-order valence-electron chi connectivity index (χ1n) is 8.49. The summed E-state index contributed by atoms with van der Waals surface area (Å²) in [5.74, 6) is 0.738. The molecule has 3 rings (SSSR count). The average molecular weight is 343 g/mol. The van der Waals surface area contributed by atoms with E-state index in [1.54, 1.807) is 0 Å². The monoisotopic (exact) mass is 342 g/mol. The van der Waals surface area contributed by atoms with E-state index in [0.29, 0.717) is 12.3 Å². The Labute approximate surface area is 148 Å². The summed E-state index contributed by atoms with van der Waals surface area (Å²) in [4.78, 5) is 12.2. The van der Waals surface area contributed by atoms with E-state index in [1.165, 1.54) is 6.42 Å². The Hall–Kier alpha value is -1.84. The van der Waals surface area contributed by atoms with Crippen molar-refractivity contribution in [1.82, 2.24) is 5.32 Å². The molecule has 0 bridgehead atoms. The number of hydrogen-bond acceptors (Lipinski definition) is 2. The van der Waals surface area contributed by atoms with Crippen LogP contribution in [0.25, 0.3) is 11.1 Å². The lowest BCUT2D eigenvalue weighted by Gasteiger charge is -2.12. The molecular formula is C20H23ClN2O. The molecule has 1 aliphatic rings. The number of benzene rings is 2. The molecule has 2 aromatic rings. The van der Waals surface area contributed by atoms with Gasteiger partial charge in [0.1, 0.15) is 0 Å². The highest BCUT2D eigenvalue weighted by molar-refractivity contribution is 6.30. The van der Waals surface area contributed by atoms with Crippen molar-refractivity contribution < 1.29 is 4.79 Å². The van der Waals surface area contributed by atoms with Crippen LogP contribution < -0.4 is 10.6 Å². The largest absolute Gasteiger partial charge is 0.326 e. The molecule has 24 heavy (non-hydrogen) atoms. The Bertz CT molecular complexity index is 723. The lowest BCUT2D eigenvalue weighted by Crippen LogP contribution is -2.15. The minimum Gasteiger partial charge on any atom is -0.326 e. The summed E-state index contributed by atoms with van der Waals surface area (Å²) in [7, 11) is 0. The van der Waals surface area contributed by atoms with Gasteiger partial charge in [0.05, 0.1) is 0 Å². The fourth-order valence-electron chi connectivity index (χ4n) is 3.16. The molecule has 2 aromatic carbocycles. The van der Waals surface area contributed by atoms with Crippen molar-refractivity contribution in [3.8, 4) is 11.1 Å². The molecule has 1 aliphatic heterocycles. The van der Waals surface area contributed by atoms with E-state index in [9.17, 15) is 4.79 Å². The molecule has 1 heterocycles. The topological polar surface area (TPSA) is 41.1 Å². The van der Waals surface area contributed by atoms with Crippen LogP contribution in [0, 0.1) is 12.8 Å². The van der Waals surface area contributed by atoms with Crippen LogP contribution in [0.2, 0.25) is 5.02 Å². The van der Waals surface area contributed by atoms with Crippen molar-refractivity contribution in [2.75, 3.05) is 18.4 Å². The number of carbonyl (C=O) groups excluding carboxylic acids is 1. The van der Waals surface area contributed by atoms with Crippen molar-refractivity contribution in [1.29, 1.82) is 0 Å². The Morgan fingerprint density at radius 1 is 1.25 bits per heavy atom. The van der Waals surface area contributed by atoms with Gasteiger partial charge in [-0.2, -0.15) is 0 Å². The van der Waals surface area contributed by atoms with Crippen LogP contribution in [0.1, 0.15) is 24.8 Å². The summed E-state index contributed by atoms with van der Waals surface area (Å²) in [6, 6.07) is 13.9. The normalized spacial score (nSPS) is 17.0. The third kappa shape index (κ3) is 4.37. The van der Waals surface area contributed by atoms with Gasteiger partial charge in [-0.25, -0.2) is 0 Å². The maximum atomic E-state index is 12.2. The second-order valence-corrected chi connectivity index (χ2v) is 6.92. The zero-order valence-electron chi connectivity index (χ0n) is 13.9. The molecule has 1 saturated heterocycles. The fraction of sp³-hybridized carbons (Fsp3) is 0.350. The number of halogens is 1. The molecule has 0 aliphatic carbocycles. The first-order chi connectivity index (χ1) is 11.6. The highest BCUT2D eigenvalue weighted by Crippen LogP contribution is 2.27. The van der Waals surface area contributed by atoms with Crippen molar-refractivity contribution in [2.24, 2.45) is 5.92 Å². The predicted molar refractivity (Wildman–Crippen MR) is 100 cm³/mol. The minimum absolute atomic E-state index is 0.0977. The van der Waals surface area contributed by atoms with E-state index in [1.807, 2.05) is 43.3 Å². The third-order valence-corrected chi connectivity index (χ3v) is 4.84. The molecule has 126 valence electrons. The maximum absolute atomic E-state index is 12.2. The summed E-state index contributed by atoms with van der Waals surface area (Å²) >= 11 is 6.06. The van der Waals surface area contributed by atoms with Crippen molar-refractivity contribution in [2.45, 2.75) is 26.2 Å². The molecule has 0 saturated carbocycles. The average Bonchev–Trinajstić information content (AvgIpc) is 3.08. The van der Waals surface area contributed by atoms with Gasteiger partial charge in [0.2, 0.25) is 5.91 Å². The van der Waals surface area contributed by atoms with E-state index in [0.717, 1.165) is 46.9 Å². The van der Waals surface area contributed by atoms with Gasteiger partial charge in [0, 0.05) is 17.1 Å². The van der Waals surface area contributed by atoms with Crippen LogP contribution in [0.5, 0.6) is 0 Å². The van der Waals surface area contributed by atoms with Crippen molar-refractivity contribution in [3.63, 3.8) is 0 Å². The summed E-state index contributed by atoms with van der Waals surface area (Å²) in [5, 5.41) is 7.10. The second-order valence-electron chi connectivity index (χ2n) is 6.49. The van der Waals surface area contributed by atoms with Crippen LogP contribution in [0.3, 0.4) is 0 Å². The van der Waals surface area contributed by atoms with Gasteiger partial charge < -0.3 is 10.6 Å². The van der Waals surface area contributed by atoms with E-state index in [4.69, 9.17) is 11.6 Å². The zero-order valence-corrected chi connectivity index (χ0v) is 14.7. The Kier molecular flexibility index (Phi) is 5.54. The van der Waals surface area contributed by atoms with Crippen LogP contribution in [0.4, 0.5) is 5.69 Å². The number of anilines is 1. The highest BCUT2D eigenvalue weighted by Gasteiger charge is 2.16. The SMILES string of the molecule is Cc1cc(-c2cccc(Cl)c2)ccc1NC(=O)CCC1CCNC1. The number of hydrogen-bond donors (Lipinski definition) is 2. The minimum atomic E-state index is 0.0977. The molecule has 1 atom stereocenters. The lowest BCUT2D eigenvalue weighted by atomic mass is 10.0. The first kappa shape index (κ1) is 17.0. The highest BCUT2D eigenvalue weighted by atomic mass is 35.5. The van der Waals surface area contributed by atoms with E-state index in [-0.39, 0.29) is 5.91 Å². The molecular weight excluding hydrogens is 320 g/mol. The van der Waals surface area contributed by atoms with Gasteiger partial charge in [0.15, 0.2) is 0 Å². The number of carbonyl (C=O) groups is 1. The fourth-order valence-corrected chi connectivity index (χ4v) is 3.35. The van der Waals surface area contributed by atoms with Gasteiger partial charge in [-0.1, -0.05) is 29.8 Å². The number of amides is 1. The standard InChI is InChI=1S/C20H23ClN2O/c1-14-11-17(16-3-2-4-18(21)12-16)6-7-19(14)23-20(24)8-5-15-9-10-22-13-15/h2-4,6-7,11-12,15,22H,5,8-10,13H2,1H3,(H,23,24). The Balaban J connectivity index is 1.63. The van der Waals surface area contributed by atoms with Crippen molar-refractivity contribution in [3.05, 3.63) is 53.1 Å². The molecule has 0 radical (unpaired) electrons. The van der Waals surface area contributed by atoms with Gasteiger partial charge >= 0.3 is 0 Å². The lowest BCUT2D eigenvalue weighted by molar-refractivity contribution is -0.116. The molecule has 1 amide bonds. The van der Waals surface area contributed by atoms with E-state index < -0.39 is 0 Å². The number of aryl methyl sites for hydroxylation is 1. The summed E-state index contributed by atoms with van der Waals surface area (Å²) in [6.45, 7) is 4.14. The Morgan fingerprint density at radius 3 is 2.79 bits per heavy atom. The summed E-state index contributed by atoms with van der Waals surface area (Å²) < 4.78 is 0. The molecule has 0 spiro atoms. The third-order valence-electron chi connectivity index (χ3n) is 4.60. The van der Waals surface area contributed by atoms with Gasteiger partial charge in [-0.15, -0.1) is 0 Å². The van der Waals surface area contributed by atoms with Crippen LogP contribution >= 0.6 is 11.6 Å². The number of nitrogens with one attached hydrogen (secondary N) is 2.